The molecule has 0 radical (unpaired) electrons. The molecule has 0 spiro atoms. The summed E-state index contributed by atoms with van der Waals surface area (Å²) in [6, 6.07) is -0.546. The second-order valence-corrected chi connectivity index (χ2v) is 5.04. The Kier molecular flexibility index (Phi) is 4.40. The van der Waals surface area contributed by atoms with E-state index in [0.717, 1.165) is 22.8 Å². The van der Waals surface area contributed by atoms with Crippen molar-refractivity contribution in [1.82, 2.24) is 14.9 Å². The van der Waals surface area contributed by atoms with Crippen LogP contribution in [0, 0.1) is 6.92 Å². The van der Waals surface area contributed by atoms with E-state index in [1.807, 2.05) is 20.8 Å². The van der Waals surface area contributed by atoms with Crippen molar-refractivity contribution in [2.24, 2.45) is 0 Å². The maximum absolute atomic E-state index is 12.0. The summed E-state index contributed by atoms with van der Waals surface area (Å²) in [6.45, 7) is 6.62. The van der Waals surface area contributed by atoms with Gasteiger partial charge in [-0.2, -0.15) is 0 Å². The lowest BCUT2D eigenvalue weighted by atomic mass is 10.2. The summed E-state index contributed by atoms with van der Waals surface area (Å²) < 4.78 is 0. The number of imide groups is 1. The van der Waals surface area contributed by atoms with Gasteiger partial charge in [-0.15, -0.1) is 0 Å². The summed E-state index contributed by atoms with van der Waals surface area (Å²) in [5.41, 5.74) is 0.851. The van der Waals surface area contributed by atoms with Gasteiger partial charge >= 0.3 is 0 Å². The van der Waals surface area contributed by atoms with Crippen LogP contribution in [0.1, 0.15) is 31.7 Å². The largest absolute Gasteiger partial charge is 0.370 e. The fraction of sp³-hybridized carbons (Fsp3) is 0.571. The SMILES string of the molecule is CCNc1nc(CC)nc(NC2CC(=O)N(C)C2=O)c1C. The third-order valence-corrected chi connectivity index (χ3v) is 3.55. The number of aryl methyl sites for hydroxylation is 1. The Hall–Kier alpha value is -2.18. The van der Waals surface area contributed by atoms with Crippen LogP contribution >= 0.6 is 0 Å². The van der Waals surface area contributed by atoms with Crippen LogP contribution in [0.4, 0.5) is 11.6 Å². The molecule has 0 aromatic carbocycles. The number of amides is 2. The van der Waals surface area contributed by atoms with Crippen molar-refractivity contribution in [3.63, 3.8) is 0 Å². The van der Waals surface area contributed by atoms with Gasteiger partial charge in [-0.1, -0.05) is 6.92 Å². The van der Waals surface area contributed by atoms with Crippen molar-refractivity contribution in [2.45, 2.75) is 39.7 Å². The number of rotatable bonds is 5. The van der Waals surface area contributed by atoms with Crippen molar-refractivity contribution in [2.75, 3.05) is 24.2 Å². The average Bonchev–Trinajstić information content (AvgIpc) is 2.70. The van der Waals surface area contributed by atoms with Crippen LogP contribution in [0.3, 0.4) is 0 Å². The van der Waals surface area contributed by atoms with E-state index in [1.165, 1.54) is 7.05 Å². The Balaban J connectivity index is 2.29. The van der Waals surface area contributed by atoms with Gasteiger partial charge in [-0.05, 0) is 13.8 Å². The predicted octanol–water partition coefficient (Wildman–Crippen LogP) is 0.948. The van der Waals surface area contributed by atoms with Gasteiger partial charge in [-0.25, -0.2) is 9.97 Å². The van der Waals surface area contributed by atoms with Crippen molar-refractivity contribution >= 4 is 23.5 Å². The normalized spacial score (nSPS) is 18.3. The summed E-state index contributed by atoms with van der Waals surface area (Å²) in [5, 5.41) is 6.28. The molecule has 1 aromatic rings. The molecule has 1 unspecified atom stereocenters. The van der Waals surface area contributed by atoms with E-state index < -0.39 is 6.04 Å². The smallest absolute Gasteiger partial charge is 0.251 e. The molecule has 1 aromatic heterocycles. The fourth-order valence-electron chi connectivity index (χ4n) is 2.23. The van der Waals surface area contributed by atoms with Crippen molar-refractivity contribution in [3.05, 3.63) is 11.4 Å². The highest BCUT2D eigenvalue weighted by atomic mass is 16.2. The van der Waals surface area contributed by atoms with Crippen LogP contribution in [-0.4, -0.2) is 46.3 Å². The molecule has 1 aliphatic rings. The molecule has 2 heterocycles. The highest BCUT2D eigenvalue weighted by Crippen LogP contribution is 2.23. The lowest BCUT2D eigenvalue weighted by Gasteiger charge is -2.17. The lowest BCUT2D eigenvalue weighted by Crippen LogP contribution is -2.32. The van der Waals surface area contributed by atoms with Crippen LogP contribution in [0.15, 0.2) is 0 Å². The Bertz CT molecular complexity index is 573. The summed E-state index contributed by atoms with van der Waals surface area (Å²) in [5.74, 6) is 1.67. The number of likely N-dealkylation sites (N-methyl/N-ethyl adjacent to an activating group) is 1. The van der Waals surface area contributed by atoms with Gasteiger partial charge in [0, 0.05) is 25.6 Å². The number of nitrogens with one attached hydrogen (secondary N) is 2. The zero-order valence-electron chi connectivity index (χ0n) is 12.9. The third-order valence-electron chi connectivity index (χ3n) is 3.55. The Morgan fingerprint density at radius 2 is 1.90 bits per heavy atom. The summed E-state index contributed by atoms with van der Waals surface area (Å²) in [4.78, 5) is 33.6. The first-order valence-corrected chi connectivity index (χ1v) is 7.16. The average molecular weight is 291 g/mol. The molecule has 2 N–H and O–H groups in total. The van der Waals surface area contributed by atoms with Gasteiger partial charge in [0.2, 0.25) is 5.91 Å². The van der Waals surface area contributed by atoms with Gasteiger partial charge < -0.3 is 10.6 Å². The van der Waals surface area contributed by atoms with Gasteiger partial charge in [0.05, 0.1) is 6.42 Å². The number of hydrogen-bond donors (Lipinski definition) is 2. The predicted molar refractivity (Wildman–Crippen MR) is 80.1 cm³/mol. The molecule has 1 fully saturated rings. The van der Waals surface area contributed by atoms with Crippen molar-refractivity contribution < 1.29 is 9.59 Å². The number of aromatic nitrogens is 2. The van der Waals surface area contributed by atoms with Gasteiger partial charge in [0.15, 0.2) is 0 Å². The van der Waals surface area contributed by atoms with Crippen LogP contribution in [0.2, 0.25) is 0 Å². The zero-order valence-corrected chi connectivity index (χ0v) is 12.9. The van der Waals surface area contributed by atoms with E-state index in [9.17, 15) is 9.59 Å². The first-order chi connectivity index (χ1) is 9.97. The second kappa shape index (κ2) is 6.07. The Labute approximate surface area is 124 Å². The first-order valence-electron chi connectivity index (χ1n) is 7.16. The van der Waals surface area contributed by atoms with Crippen molar-refractivity contribution in [3.8, 4) is 0 Å². The fourth-order valence-corrected chi connectivity index (χ4v) is 2.23. The summed E-state index contributed by atoms with van der Waals surface area (Å²) in [6.07, 6.45) is 0.863. The number of carbonyl (C=O) groups is 2. The minimum atomic E-state index is -0.546. The van der Waals surface area contributed by atoms with Crippen molar-refractivity contribution in [1.29, 1.82) is 0 Å². The maximum Gasteiger partial charge on any atom is 0.251 e. The molecule has 2 rings (SSSR count). The number of likely N-dealkylation sites (tertiary alicyclic amines) is 1. The van der Waals surface area contributed by atoms with E-state index >= 15 is 0 Å². The highest BCUT2D eigenvalue weighted by molar-refractivity contribution is 6.06. The van der Waals surface area contributed by atoms with E-state index in [4.69, 9.17) is 0 Å². The van der Waals surface area contributed by atoms with Gasteiger partial charge in [-0.3, -0.25) is 14.5 Å². The van der Waals surface area contributed by atoms with E-state index in [1.54, 1.807) is 0 Å². The first kappa shape index (κ1) is 15.2. The molecule has 1 aliphatic heterocycles. The zero-order chi connectivity index (χ0) is 15.6. The highest BCUT2D eigenvalue weighted by Gasteiger charge is 2.36. The summed E-state index contributed by atoms with van der Waals surface area (Å²) in [7, 11) is 1.50. The third kappa shape index (κ3) is 2.96. The molecule has 0 saturated carbocycles. The van der Waals surface area contributed by atoms with E-state index in [-0.39, 0.29) is 18.2 Å². The lowest BCUT2D eigenvalue weighted by molar-refractivity contribution is -0.136. The van der Waals surface area contributed by atoms with E-state index in [0.29, 0.717) is 18.1 Å². The minimum absolute atomic E-state index is 0.163. The molecule has 21 heavy (non-hydrogen) atoms. The van der Waals surface area contributed by atoms with E-state index in [2.05, 4.69) is 20.6 Å². The standard InChI is InChI=1S/C14H21N5O2/c1-5-10-17-12(15-6-2)8(3)13(18-10)16-9-7-11(20)19(4)14(9)21/h9H,5-7H2,1-4H3,(H2,15,16,17,18). The molecular weight excluding hydrogens is 270 g/mol. The molecule has 0 aliphatic carbocycles. The van der Waals surface area contributed by atoms with Gasteiger partial charge in [0.1, 0.15) is 23.5 Å². The summed E-state index contributed by atoms with van der Waals surface area (Å²) >= 11 is 0. The molecule has 114 valence electrons. The molecule has 1 saturated heterocycles. The molecule has 0 bridgehead atoms. The molecular formula is C14H21N5O2. The molecule has 1 atom stereocenters. The molecule has 7 nitrogen and oxygen atoms in total. The monoisotopic (exact) mass is 291 g/mol. The van der Waals surface area contributed by atoms with Crippen LogP contribution in [0.5, 0.6) is 0 Å². The molecule has 2 amide bonds. The number of anilines is 2. The topological polar surface area (TPSA) is 87.2 Å². The minimum Gasteiger partial charge on any atom is -0.370 e. The number of hydrogen-bond acceptors (Lipinski definition) is 6. The van der Waals surface area contributed by atoms with Crippen LogP contribution < -0.4 is 10.6 Å². The van der Waals surface area contributed by atoms with Gasteiger partial charge in [0.25, 0.3) is 5.91 Å². The van der Waals surface area contributed by atoms with Crippen LogP contribution in [-0.2, 0) is 16.0 Å². The Morgan fingerprint density at radius 3 is 2.43 bits per heavy atom. The Morgan fingerprint density at radius 1 is 1.24 bits per heavy atom. The molecule has 7 heteroatoms. The quantitative estimate of drug-likeness (QED) is 0.785. The van der Waals surface area contributed by atoms with Crippen LogP contribution in [0.25, 0.3) is 0 Å². The number of nitrogens with zero attached hydrogens (tertiary/aromatic N) is 3. The number of carbonyl (C=O) groups excluding carboxylic acids is 2. The maximum atomic E-state index is 12.0. The second-order valence-electron chi connectivity index (χ2n) is 5.04.